The molecule has 6 nitrogen and oxygen atoms in total. The number of aromatic nitrogens is 1. The van der Waals surface area contributed by atoms with E-state index in [1.807, 2.05) is 0 Å². The molecule has 4 N–H and O–H groups in total. The van der Waals surface area contributed by atoms with Crippen molar-refractivity contribution in [1.82, 2.24) is 4.98 Å². The third-order valence-corrected chi connectivity index (χ3v) is 2.25. The number of nitrogen functional groups attached to an aromatic ring is 1. The third-order valence-electron chi connectivity index (χ3n) is 2.25. The monoisotopic (exact) mass is 293 g/mol. The molecule has 20 heavy (non-hydrogen) atoms. The number of nitrogens with zero attached hydrogens (tertiary/aromatic N) is 1. The molecule has 0 amide bonds. The average Bonchev–Trinajstić information content (AvgIpc) is 2.31. The van der Waals surface area contributed by atoms with E-state index in [0.717, 1.165) is 6.07 Å². The Morgan fingerprint density at radius 3 is 2.60 bits per heavy atom. The molecule has 0 aliphatic carbocycles. The predicted molar refractivity (Wildman–Crippen MR) is 63.6 cm³/mol. The van der Waals surface area contributed by atoms with E-state index in [0.29, 0.717) is 0 Å². The Hall–Kier alpha value is -2.03. The van der Waals surface area contributed by atoms with Crippen LogP contribution >= 0.6 is 0 Å². The van der Waals surface area contributed by atoms with Crippen LogP contribution in [-0.2, 0) is 22.5 Å². The molecule has 0 radical (unpaired) electrons. The average molecular weight is 293 g/mol. The molecule has 0 spiro atoms. The maximum absolute atomic E-state index is 12.2. The van der Waals surface area contributed by atoms with E-state index in [1.54, 1.807) is 6.92 Å². The normalized spacial score (nSPS) is 11.2. The summed E-state index contributed by atoms with van der Waals surface area (Å²) in [4.78, 5) is 14.9. The molecule has 0 saturated carbocycles. The number of ether oxygens (including phenoxy) is 2. The minimum Gasteiger partial charge on any atom is -0.466 e. The van der Waals surface area contributed by atoms with Gasteiger partial charge in [0, 0.05) is 12.6 Å². The fourth-order valence-electron chi connectivity index (χ4n) is 1.48. The number of anilines is 1. The number of hydrogen-bond acceptors (Lipinski definition) is 6. The molecule has 1 rings (SSSR count). The van der Waals surface area contributed by atoms with Crippen molar-refractivity contribution in [2.45, 2.75) is 26.3 Å². The van der Waals surface area contributed by atoms with Crippen molar-refractivity contribution < 1.29 is 27.4 Å². The number of carbonyl (C=O) groups excluding carboxylic acids is 1. The quantitative estimate of drug-likeness (QED) is 0.789. The van der Waals surface area contributed by atoms with Crippen molar-refractivity contribution in [2.75, 3.05) is 12.3 Å². The summed E-state index contributed by atoms with van der Waals surface area (Å²) in [5.41, 5.74) is 11.2. The van der Waals surface area contributed by atoms with Gasteiger partial charge >= 0.3 is 12.3 Å². The number of rotatable bonds is 5. The minimum absolute atomic E-state index is 0.0195. The highest BCUT2D eigenvalue weighted by Gasteiger charge is 2.32. The Morgan fingerprint density at radius 1 is 1.45 bits per heavy atom. The van der Waals surface area contributed by atoms with E-state index in [-0.39, 0.29) is 36.5 Å². The molecular formula is C11H14F3N3O3. The summed E-state index contributed by atoms with van der Waals surface area (Å²) >= 11 is 0. The molecule has 0 aromatic carbocycles. The second kappa shape index (κ2) is 6.42. The second-order valence-electron chi connectivity index (χ2n) is 3.71. The zero-order valence-corrected chi connectivity index (χ0v) is 10.7. The van der Waals surface area contributed by atoms with Crippen LogP contribution in [0.5, 0.6) is 5.88 Å². The summed E-state index contributed by atoms with van der Waals surface area (Å²) < 4.78 is 44.9. The number of pyridine rings is 1. The van der Waals surface area contributed by atoms with Crippen LogP contribution in [0.15, 0.2) is 6.07 Å². The first-order valence-corrected chi connectivity index (χ1v) is 5.66. The molecule has 0 aliphatic heterocycles. The fraction of sp³-hybridized carbons (Fsp3) is 0.455. The van der Waals surface area contributed by atoms with E-state index in [9.17, 15) is 18.0 Å². The van der Waals surface area contributed by atoms with Gasteiger partial charge in [-0.05, 0) is 12.5 Å². The molecule has 0 aliphatic rings. The van der Waals surface area contributed by atoms with Crippen LogP contribution < -0.4 is 16.2 Å². The van der Waals surface area contributed by atoms with Crippen LogP contribution in [0.4, 0.5) is 18.9 Å². The highest BCUT2D eigenvalue weighted by molar-refractivity contribution is 5.75. The topological polar surface area (TPSA) is 100 Å². The number of nitrogens with two attached hydrogens (primary N) is 2. The van der Waals surface area contributed by atoms with Crippen molar-refractivity contribution in [3.63, 3.8) is 0 Å². The van der Waals surface area contributed by atoms with Gasteiger partial charge in [0.2, 0.25) is 5.88 Å². The van der Waals surface area contributed by atoms with Gasteiger partial charge in [-0.2, -0.15) is 0 Å². The van der Waals surface area contributed by atoms with Crippen LogP contribution in [0.1, 0.15) is 18.2 Å². The SMILES string of the molecule is CCOC(=O)Cc1cc(OC(F)(F)F)nc(CN)c1N. The van der Waals surface area contributed by atoms with Gasteiger partial charge in [0.25, 0.3) is 0 Å². The van der Waals surface area contributed by atoms with E-state index < -0.39 is 18.2 Å². The van der Waals surface area contributed by atoms with Gasteiger partial charge in [-0.3, -0.25) is 4.79 Å². The van der Waals surface area contributed by atoms with Crippen molar-refractivity contribution in [3.8, 4) is 5.88 Å². The lowest BCUT2D eigenvalue weighted by Crippen LogP contribution is -2.20. The Kier molecular flexibility index (Phi) is 5.14. The van der Waals surface area contributed by atoms with Gasteiger partial charge in [-0.1, -0.05) is 0 Å². The van der Waals surface area contributed by atoms with Crippen molar-refractivity contribution in [1.29, 1.82) is 0 Å². The highest BCUT2D eigenvalue weighted by Crippen LogP contribution is 2.26. The van der Waals surface area contributed by atoms with Crippen molar-refractivity contribution in [2.24, 2.45) is 5.73 Å². The van der Waals surface area contributed by atoms with Crippen LogP contribution in [0.3, 0.4) is 0 Å². The van der Waals surface area contributed by atoms with E-state index in [2.05, 4.69) is 9.72 Å². The van der Waals surface area contributed by atoms with Gasteiger partial charge in [0.05, 0.1) is 24.4 Å². The number of alkyl halides is 3. The molecular weight excluding hydrogens is 279 g/mol. The minimum atomic E-state index is -4.89. The van der Waals surface area contributed by atoms with Crippen LogP contribution in [-0.4, -0.2) is 23.9 Å². The largest absolute Gasteiger partial charge is 0.574 e. The van der Waals surface area contributed by atoms with Gasteiger partial charge < -0.3 is 20.9 Å². The molecule has 112 valence electrons. The molecule has 0 bridgehead atoms. The summed E-state index contributed by atoms with van der Waals surface area (Å²) in [6.07, 6.45) is -5.18. The van der Waals surface area contributed by atoms with Crippen LogP contribution in [0.25, 0.3) is 0 Å². The Bertz CT molecular complexity index is 492. The van der Waals surface area contributed by atoms with E-state index >= 15 is 0 Å². The zero-order chi connectivity index (χ0) is 15.3. The molecule has 0 atom stereocenters. The Labute approximate surface area is 112 Å². The fourth-order valence-corrected chi connectivity index (χ4v) is 1.48. The molecule has 0 saturated heterocycles. The number of halogens is 3. The summed E-state index contributed by atoms with van der Waals surface area (Å²) in [7, 11) is 0. The van der Waals surface area contributed by atoms with Gasteiger partial charge in [-0.15, -0.1) is 13.2 Å². The molecule has 0 unspecified atom stereocenters. The summed E-state index contributed by atoms with van der Waals surface area (Å²) in [6.45, 7) is 1.58. The maximum atomic E-state index is 12.2. The first kappa shape index (κ1) is 16.0. The predicted octanol–water partition coefficient (Wildman–Crippen LogP) is 1.13. The lowest BCUT2D eigenvalue weighted by atomic mass is 10.1. The molecule has 1 aromatic rings. The van der Waals surface area contributed by atoms with Crippen LogP contribution in [0.2, 0.25) is 0 Å². The molecule has 1 aromatic heterocycles. The lowest BCUT2D eigenvalue weighted by Gasteiger charge is -2.13. The zero-order valence-electron chi connectivity index (χ0n) is 10.7. The van der Waals surface area contributed by atoms with E-state index in [4.69, 9.17) is 16.2 Å². The number of carbonyl (C=O) groups is 1. The maximum Gasteiger partial charge on any atom is 0.574 e. The second-order valence-corrected chi connectivity index (χ2v) is 3.71. The third kappa shape index (κ3) is 4.57. The summed E-state index contributed by atoms with van der Waals surface area (Å²) in [5, 5.41) is 0. The van der Waals surface area contributed by atoms with Gasteiger partial charge in [0.1, 0.15) is 0 Å². The standard InChI is InChI=1S/C11H14F3N3O3/c1-2-19-9(18)4-6-3-8(20-11(12,13)14)17-7(5-15)10(6)16/h3H,2,4-5,15-16H2,1H3. The molecule has 1 heterocycles. The first-order chi connectivity index (χ1) is 9.26. The van der Waals surface area contributed by atoms with Crippen molar-refractivity contribution in [3.05, 3.63) is 17.3 Å². The molecule has 0 fully saturated rings. The number of esters is 1. The Balaban J connectivity index is 3.08. The summed E-state index contributed by atoms with van der Waals surface area (Å²) in [5.74, 6) is -1.34. The first-order valence-electron chi connectivity index (χ1n) is 5.66. The van der Waals surface area contributed by atoms with E-state index in [1.165, 1.54) is 0 Å². The smallest absolute Gasteiger partial charge is 0.466 e. The summed E-state index contributed by atoms with van der Waals surface area (Å²) in [6, 6.07) is 0.943. The lowest BCUT2D eigenvalue weighted by molar-refractivity contribution is -0.276. The van der Waals surface area contributed by atoms with Gasteiger partial charge in [-0.25, -0.2) is 4.98 Å². The number of hydrogen-bond donors (Lipinski definition) is 2. The highest BCUT2D eigenvalue weighted by atomic mass is 19.4. The van der Waals surface area contributed by atoms with Crippen molar-refractivity contribution >= 4 is 11.7 Å². The molecule has 9 heteroatoms. The Morgan fingerprint density at radius 2 is 2.10 bits per heavy atom. The van der Waals surface area contributed by atoms with Crippen LogP contribution in [0, 0.1) is 0 Å². The van der Waals surface area contributed by atoms with Gasteiger partial charge in [0.15, 0.2) is 0 Å².